The quantitative estimate of drug-likeness (QED) is 0.818. The molecule has 2 aromatic carbocycles. The molecular formula is C17H18F3NO2. The average Bonchev–Trinajstić information content (AvgIpc) is 2.51. The van der Waals surface area contributed by atoms with Crippen molar-refractivity contribution in [1.29, 1.82) is 0 Å². The fraction of sp³-hybridized carbons (Fsp3) is 0.294. The second-order valence-corrected chi connectivity index (χ2v) is 5.13. The van der Waals surface area contributed by atoms with Crippen LogP contribution in [0.4, 0.5) is 13.2 Å². The monoisotopic (exact) mass is 325 g/mol. The van der Waals surface area contributed by atoms with Crippen LogP contribution in [-0.2, 0) is 19.7 Å². The molecule has 124 valence electrons. The van der Waals surface area contributed by atoms with Gasteiger partial charge < -0.3 is 15.2 Å². The van der Waals surface area contributed by atoms with Crippen LogP contribution in [0.15, 0.2) is 36.4 Å². The lowest BCUT2D eigenvalue weighted by atomic mass is 10.1. The van der Waals surface area contributed by atoms with Crippen LogP contribution in [0.1, 0.15) is 22.3 Å². The van der Waals surface area contributed by atoms with Crippen LogP contribution in [0, 0.1) is 12.7 Å². The molecule has 0 amide bonds. The van der Waals surface area contributed by atoms with Gasteiger partial charge in [0.2, 0.25) is 0 Å². The summed E-state index contributed by atoms with van der Waals surface area (Å²) in [6.07, 6.45) is 0. The third-order valence-corrected chi connectivity index (χ3v) is 3.43. The Hall–Kier alpha value is -2.05. The number of aliphatic hydroxyl groups excluding tert-OH is 1. The summed E-state index contributed by atoms with van der Waals surface area (Å²) in [5.41, 5.74) is 2.27. The van der Waals surface area contributed by atoms with E-state index in [9.17, 15) is 13.2 Å². The minimum absolute atomic E-state index is 0.171. The normalized spacial score (nSPS) is 11.0. The molecule has 0 aliphatic carbocycles. The second-order valence-electron chi connectivity index (χ2n) is 5.13. The molecule has 0 unspecified atom stereocenters. The van der Waals surface area contributed by atoms with E-state index in [1.807, 2.05) is 0 Å². The van der Waals surface area contributed by atoms with E-state index in [0.717, 1.165) is 5.56 Å². The summed E-state index contributed by atoms with van der Waals surface area (Å²) in [7, 11) is 0. The van der Waals surface area contributed by atoms with E-state index in [2.05, 4.69) is 10.1 Å². The zero-order chi connectivity index (χ0) is 16.8. The number of nitrogens with one attached hydrogen (secondary N) is 1. The Morgan fingerprint density at radius 1 is 1.13 bits per heavy atom. The predicted octanol–water partition coefficient (Wildman–Crippen LogP) is 3.52. The number of hydrogen-bond acceptors (Lipinski definition) is 3. The summed E-state index contributed by atoms with van der Waals surface area (Å²) < 4.78 is 42.9. The maximum absolute atomic E-state index is 13.3. The Bertz CT molecular complexity index is 662. The van der Waals surface area contributed by atoms with Gasteiger partial charge in [-0.2, -0.15) is 8.78 Å². The summed E-state index contributed by atoms with van der Waals surface area (Å²) >= 11 is 0. The lowest BCUT2D eigenvalue weighted by Crippen LogP contribution is -2.15. The van der Waals surface area contributed by atoms with E-state index in [4.69, 9.17) is 5.11 Å². The molecule has 3 nitrogen and oxygen atoms in total. The van der Waals surface area contributed by atoms with Gasteiger partial charge in [-0.05, 0) is 30.2 Å². The highest BCUT2D eigenvalue weighted by Gasteiger charge is 2.12. The Balaban J connectivity index is 2.03. The number of hydrogen-bond donors (Lipinski definition) is 2. The first kappa shape index (κ1) is 17.3. The standard InChI is InChI=1S/C17H18F3NO2/c1-11-3-2-4-13(16(11)23-17(19)20)9-21-8-12-5-6-15(18)14(7-12)10-22/h2-7,17,21-22H,8-10H2,1H3. The SMILES string of the molecule is Cc1cccc(CNCc2ccc(F)c(CO)c2)c1OC(F)F. The highest BCUT2D eigenvalue weighted by Crippen LogP contribution is 2.25. The van der Waals surface area contributed by atoms with Crippen LogP contribution >= 0.6 is 0 Å². The van der Waals surface area contributed by atoms with Gasteiger partial charge in [0.05, 0.1) is 6.61 Å². The molecule has 6 heteroatoms. The molecule has 0 saturated carbocycles. The first-order valence-corrected chi connectivity index (χ1v) is 7.13. The number of rotatable bonds is 7. The second kappa shape index (κ2) is 7.99. The van der Waals surface area contributed by atoms with Gasteiger partial charge >= 0.3 is 6.61 Å². The molecule has 2 aromatic rings. The molecule has 0 heterocycles. The Kier molecular flexibility index (Phi) is 6.01. The van der Waals surface area contributed by atoms with E-state index in [-0.39, 0.29) is 17.9 Å². The zero-order valence-corrected chi connectivity index (χ0v) is 12.7. The largest absolute Gasteiger partial charge is 0.434 e. The Labute approximate surface area is 132 Å². The summed E-state index contributed by atoms with van der Waals surface area (Å²) in [6.45, 7) is -0.803. The van der Waals surface area contributed by atoms with Crippen LogP contribution in [0.3, 0.4) is 0 Å². The fourth-order valence-corrected chi connectivity index (χ4v) is 2.31. The van der Waals surface area contributed by atoms with E-state index in [1.54, 1.807) is 37.3 Å². The number of para-hydroxylation sites is 1. The van der Waals surface area contributed by atoms with Crippen molar-refractivity contribution in [3.8, 4) is 5.75 Å². The average molecular weight is 325 g/mol. The molecule has 0 atom stereocenters. The first-order valence-electron chi connectivity index (χ1n) is 7.13. The molecule has 0 spiro atoms. The van der Waals surface area contributed by atoms with Gasteiger partial charge in [0.1, 0.15) is 11.6 Å². The van der Waals surface area contributed by atoms with Gasteiger partial charge in [0.25, 0.3) is 0 Å². The minimum atomic E-state index is -2.88. The molecule has 0 aliphatic heterocycles. The molecule has 0 aromatic heterocycles. The lowest BCUT2D eigenvalue weighted by molar-refractivity contribution is -0.0509. The molecule has 0 fully saturated rings. The van der Waals surface area contributed by atoms with Crippen LogP contribution in [0.25, 0.3) is 0 Å². The van der Waals surface area contributed by atoms with Crippen LogP contribution in [0.5, 0.6) is 5.75 Å². The Morgan fingerprint density at radius 2 is 1.91 bits per heavy atom. The van der Waals surface area contributed by atoms with Crippen molar-refractivity contribution in [2.45, 2.75) is 33.2 Å². The predicted molar refractivity (Wildman–Crippen MR) is 80.7 cm³/mol. The molecule has 23 heavy (non-hydrogen) atoms. The van der Waals surface area contributed by atoms with Crippen LogP contribution in [0.2, 0.25) is 0 Å². The van der Waals surface area contributed by atoms with Gasteiger partial charge in [0, 0.05) is 24.2 Å². The van der Waals surface area contributed by atoms with Crippen molar-refractivity contribution >= 4 is 0 Å². The van der Waals surface area contributed by atoms with Crippen molar-refractivity contribution < 1.29 is 23.0 Å². The highest BCUT2D eigenvalue weighted by atomic mass is 19.3. The van der Waals surface area contributed by atoms with Gasteiger partial charge in [0.15, 0.2) is 0 Å². The summed E-state index contributed by atoms with van der Waals surface area (Å²) in [5, 5.41) is 12.1. The maximum Gasteiger partial charge on any atom is 0.387 e. The van der Waals surface area contributed by atoms with Crippen molar-refractivity contribution in [2.24, 2.45) is 0 Å². The van der Waals surface area contributed by atoms with Crippen LogP contribution in [-0.4, -0.2) is 11.7 Å². The van der Waals surface area contributed by atoms with E-state index >= 15 is 0 Å². The third kappa shape index (κ3) is 4.71. The topological polar surface area (TPSA) is 41.5 Å². The summed E-state index contributed by atoms with van der Waals surface area (Å²) in [6, 6.07) is 9.65. The lowest BCUT2D eigenvalue weighted by Gasteiger charge is -2.14. The van der Waals surface area contributed by atoms with E-state index in [1.165, 1.54) is 6.07 Å². The van der Waals surface area contributed by atoms with E-state index < -0.39 is 12.4 Å². The molecule has 2 N–H and O–H groups in total. The van der Waals surface area contributed by atoms with Gasteiger partial charge in [-0.1, -0.05) is 24.3 Å². The van der Waals surface area contributed by atoms with Gasteiger partial charge in [-0.3, -0.25) is 0 Å². The maximum atomic E-state index is 13.3. The molecule has 2 rings (SSSR count). The zero-order valence-electron chi connectivity index (χ0n) is 12.7. The Morgan fingerprint density at radius 3 is 2.61 bits per heavy atom. The molecular weight excluding hydrogens is 307 g/mol. The third-order valence-electron chi connectivity index (χ3n) is 3.43. The van der Waals surface area contributed by atoms with Crippen molar-refractivity contribution in [1.82, 2.24) is 5.32 Å². The minimum Gasteiger partial charge on any atom is -0.434 e. The van der Waals surface area contributed by atoms with Gasteiger partial charge in [-0.15, -0.1) is 0 Å². The number of ether oxygens (including phenoxy) is 1. The number of aryl methyl sites for hydroxylation is 1. The number of benzene rings is 2. The summed E-state index contributed by atoms with van der Waals surface area (Å²) in [4.78, 5) is 0. The molecule has 0 radical (unpaired) electrons. The summed E-state index contributed by atoms with van der Waals surface area (Å²) in [5.74, 6) is -0.285. The molecule has 0 saturated heterocycles. The molecule has 0 bridgehead atoms. The number of halogens is 3. The van der Waals surface area contributed by atoms with Crippen LogP contribution < -0.4 is 10.1 Å². The van der Waals surface area contributed by atoms with Crippen molar-refractivity contribution in [3.63, 3.8) is 0 Å². The van der Waals surface area contributed by atoms with Crippen molar-refractivity contribution in [3.05, 3.63) is 64.5 Å². The fourth-order valence-electron chi connectivity index (χ4n) is 2.31. The number of aliphatic hydroxyl groups is 1. The first-order chi connectivity index (χ1) is 11.0. The van der Waals surface area contributed by atoms with Crippen molar-refractivity contribution in [2.75, 3.05) is 0 Å². The van der Waals surface area contributed by atoms with Gasteiger partial charge in [-0.25, -0.2) is 4.39 Å². The smallest absolute Gasteiger partial charge is 0.387 e. The van der Waals surface area contributed by atoms with E-state index in [0.29, 0.717) is 24.2 Å². The molecule has 0 aliphatic rings. The highest BCUT2D eigenvalue weighted by molar-refractivity contribution is 5.40. The number of alkyl halides is 2.